The van der Waals surface area contributed by atoms with E-state index in [1.54, 1.807) is 18.3 Å². The molecular formula is C16H10N10. The number of nitriles is 2. The van der Waals surface area contributed by atoms with Crippen LogP contribution >= 0.6 is 0 Å². The van der Waals surface area contributed by atoms with Crippen LogP contribution in [0.15, 0.2) is 35.8 Å². The van der Waals surface area contributed by atoms with Crippen molar-refractivity contribution in [3.05, 3.63) is 46.7 Å². The van der Waals surface area contributed by atoms with E-state index in [0.717, 1.165) is 12.8 Å². The summed E-state index contributed by atoms with van der Waals surface area (Å²) in [7, 11) is 0. The lowest BCUT2D eigenvalue weighted by atomic mass is 10.2. The summed E-state index contributed by atoms with van der Waals surface area (Å²) in [6, 6.07) is 7.62. The van der Waals surface area contributed by atoms with Gasteiger partial charge in [-0.2, -0.15) is 20.3 Å². The fraction of sp³-hybridized carbons (Fsp3) is 0.188. The van der Waals surface area contributed by atoms with Crippen LogP contribution in [0, 0.1) is 22.7 Å². The summed E-state index contributed by atoms with van der Waals surface area (Å²) in [5.41, 5.74) is 9.90. The van der Waals surface area contributed by atoms with Gasteiger partial charge < -0.3 is 5.32 Å². The topological polar surface area (TPSA) is 152 Å². The van der Waals surface area contributed by atoms with Crippen molar-refractivity contribution in [1.82, 2.24) is 19.7 Å². The van der Waals surface area contributed by atoms with Crippen LogP contribution in [0.3, 0.4) is 0 Å². The standard InChI is InChI=1S/C16H10N10/c17-5-10-3-11-7-22-26(15(11)21-6-10)14-4-12(13(8-20-14)24-25-19)23-16(9-18)1-2-16/h3-4,6-8H,1-2H2,(H,20,23). The van der Waals surface area contributed by atoms with Gasteiger partial charge in [0.05, 0.1) is 29.2 Å². The highest BCUT2D eigenvalue weighted by molar-refractivity contribution is 5.78. The van der Waals surface area contributed by atoms with Gasteiger partial charge in [0.15, 0.2) is 11.5 Å². The van der Waals surface area contributed by atoms with Crippen LogP contribution in [-0.2, 0) is 0 Å². The molecule has 3 aromatic heterocycles. The summed E-state index contributed by atoms with van der Waals surface area (Å²) < 4.78 is 1.52. The zero-order valence-electron chi connectivity index (χ0n) is 13.3. The lowest BCUT2D eigenvalue weighted by molar-refractivity contribution is 0.860. The van der Waals surface area contributed by atoms with E-state index < -0.39 is 5.54 Å². The lowest BCUT2D eigenvalue weighted by Gasteiger charge is -2.14. The fourth-order valence-electron chi connectivity index (χ4n) is 2.58. The normalized spacial score (nSPS) is 14.1. The Morgan fingerprint density at radius 3 is 2.77 bits per heavy atom. The van der Waals surface area contributed by atoms with Crippen molar-refractivity contribution in [2.24, 2.45) is 5.11 Å². The van der Waals surface area contributed by atoms with Gasteiger partial charge >= 0.3 is 0 Å². The summed E-state index contributed by atoms with van der Waals surface area (Å²) in [6.07, 6.45) is 5.92. The molecule has 1 aliphatic carbocycles. The van der Waals surface area contributed by atoms with Crippen LogP contribution in [0.2, 0.25) is 0 Å². The molecule has 26 heavy (non-hydrogen) atoms. The molecule has 4 rings (SSSR count). The molecule has 0 aliphatic heterocycles. The molecule has 0 radical (unpaired) electrons. The van der Waals surface area contributed by atoms with Gasteiger partial charge in [0.1, 0.15) is 11.6 Å². The third-order valence-electron chi connectivity index (χ3n) is 4.11. The number of hydrogen-bond donors (Lipinski definition) is 1. The molecule has 124 valence electrons. The van der Waals surface area contributed by atoms with Crippen LogP contribution in [0.5, 0.6) is 0 Å². The third-order valence-corrected chi connectivity index (χ3v) is 4.11. The quantitative estimate of drug-likeness (QED) is 0.437. The highest BCUT2D eigenvalue weighted by Crippen LogP contribution is 2.41. The highest BCUT2D eigenvalue weighted by atomic mass is 15.3. The minimum absolute atomic E-state index is 0.300. The fourth-order valence-corrected chi connectivity index (χ4v) is 2.58. The predicted molar refractivity (Wildman–Crippen MR) is 91.4 cm³/mol. The van der Waals surface area contributed by atoms with Crippen molar-refractivity contribution < 1.29 is 0 Å². The van der Waals surface area contributed by atoms with E-state index in [0.29, 0.717) is 33.8 Å². The summed E-state index contributed by atoms with van der Waals surface area (Å²) in [4.78, 5) is 11.3. The molecule has 0 spiro atoms. The first kappa shape index (κ1) is 15.4. The third kappa shape index (κ3) is 2.53. The number of azide groups is 1. The zero-order valence-corrected chi connectivity index (χ0v) is 13.3. The highest BCUT2D eigenvalue weighted by Gasteiger charge is 2.43. The molecule has 1 aliphatic rings. The van der Waals surface area contributed by atoms with E-state index in [4.69, 9.17) is 10.8 Å². The largest absolute Gasteiger partial charge is 0.367 e. The maximum absolute atomic E-state index is 9.30. The molecule has 3 heterocycles. The Labute approximate surface area is 147 Å². The molecule has 1 fully saturated rings. The van der Waals surface area contributed by atoms with Gasteiger partial charge in [0.25, 0.3) is 0 Å². The molecule has 0 amide bonds. The number of nitrogens with zero attached hydrogens (tertiary/aromatic N) is 9. The van der Waals surface area contributed by atoms with Gasteiger partial charge in [-0.25, -0.2) is 9.97 Å². The maximum Gasteiger partial charge on any atom is 0.164 e. The molecule has 3 aromatic rings. The van der Waals surface area contributed by atoms with E-state index in [2.05, 4.69) is 36.5 Å². The monoisotopic (exact) mass is 342 g/mol. The van der Waals surface area contributed by atoms with E-state index >= 15 is 0 Å². The number of nitrogens with one attached hydrogen (secondary N) is 1. The molecule has 1 N–H and O–H groups in total. The van der Waals surface area contributed by atoms with Crippen LogP contribution in [-0.4, -0.2) is 25.3 Å². The van der Waals surface area contributed by atoms with Crippen LogP contribution in [0.1, 0.15) is 18.4 Å². The smallest absolute Gasteiger partial charge is 0.164 e. The van der Waals surface area contributed by atoms with Gasteiger partial charge in [-0.3, -0.25) is 0 Å². The van der Waals surface area contributed by atoms with Gasteiger partial charge in [0.2, 0.25) is 0 Å². The van der Waals surface area contributed by atoms with Crippen molar-refractivity contribution in [3.63, 3.8) is 0 Å². The van der Waals surface area contributed by atoms with Gasteiger partial charge in [-0.1, -0.05) is 5.11 Å². The molecule has 0 bridgehead atoms. The Morgan fingerprint density at radius 1 is 1.23 bits per heavy atom. The Balaban J connectivity index is 1.81. The number of hydrogen-bond acceptors (Lipinski definition) is 7. The van der Waals surface area contributed by atoms with Crippen molar-refractivity contribution >= 4 is 22.4 Å². The Kier molecular flexibility index (Phi) is 3.40. The first-order valence-corrected chi connectivity index (χ1v) is 7.67. The molecular weight excluding hydrogens is 332 g/mol. The molecule has 10 heteroatoms. The first-order valence-electron chi connectivity index (χ1n) is 7.67. The lowest BCUT2D eigenvalue weighted by Crippen LogP contribution is -2.18. The minimum Gasteiger partial charge on any atom is -0.367 e. The second-order valence-corrected chi connectivity index (χ2v) is 5.87. The van der Waals surface area contributed by atoms with E-state index in [1.807, 2.05) is 6.07 Å². The Hall–Kier alpha value is -4.14. The average molecular weight is 342 g/mol. The molecule has 0 atom stereocenters. The van der Waals surface area contributed by atoms with Crippen molar-refractivity contribution in [1.29, 1.82) is 10.5 Å². The van der Waals surface area contributed by atoms with Crippen LogP contribution in [0.25, 0.3) is 27.3 Å². The maximum atomic E-state index is 9.30. The average Bonchev–Trinajstić information content (AvgIpc) is 3.32. The van der Waals surface area contributed by atoms with Crippen LogP contribution in [0.4, 0.5) is 11.4 Å². The number of fused-ring (bicyclic) bond motifs is 1. The molecule has 0 saturated heterocycles. The van der Waals surface area contributed by atoms with Gasteiger partial charge in [0, 0.05) is 28.8 Å². The zero-order chi connectivity index (χ0) is 18.1. The predicted octanol–water partition coefficient (Wildman–Crippen LogP) is 3.10. The number of aromatic nitrogens is 4. The molecule has 0 aromatic carbocycles. The molecule has 1 saturated carbocycles. The second-order valence-electron chi connectivity index (χ2n) is 5.87. The van der Waals surface area contributed by atoms with Crippen molar-refractivity contribution in [2.75, 3.05) is 5.32 Å². The number of anilines is 1. The van der Waals surface area contributed by atoms with Crippen molar-refractivity contribution in [2.45, 2.75) is 18.4 Å². The Bertz CT molecular complexity index is 1150. The molecule has 0 unspecified atom stereocenters. The molecule has 10 nitrogen and oxygen atoms in total. The Morgan fingerprint density at radius 2 is 2.08 bits per heavy atom. The van der Waals surface area contributed by atoms with Gasteiger partial charge in [-0.05, 0) is 24.4 Å². The summed E-state index contributed by atoms with van der Waals surface area (Å²) >= 11 is 0. The number of pyridine rings is 2. The second kappa shape index (κ2) is 5.74. The van der Waals surface area contributed by atoms with Crippen LogP contribution < -0.4 is 5.32 Å². The summed E-state index contributed by atoms with van der Waals surface area (Å²) in [5, 5.41) is 30.0. The van der Waals surface area contributed by atoms with E-state index in [1.165, 1.54) is 17.1 Å². The van der Waals surface area contributed by atoms with E-state index in [-0.39, 0.29) is 0 Å². The SMILES string of the molecule is N#Cc1cnc2c(cnn2-c2cc(NC3(C#N)CC3)c(N=[N+]=[N-])cn2)c1. The first-order chi connectivity index (χ1) is 12.7. The van der Waals surface area contributed by atoms with E-state index in [9.17, 15) is 5.26 Å². The summed E-state index contributed by atoms with van der Waals surface area (Å²) in [5.74, 6) is 0.449. The number of rotatable bonds is 4. The van der Waals surface area contributed by atoms with Gasteiger partial charge in [-0.15, -0.1) is 0 Å². The summed E-state index contributed by atoms with van der Waals surface area (Å²) in [6.45, 7) is 0. The van der Waals surface area contributed by atoms with Crippen molar-refractivity contribution in [3.8, 4) is 18.0 Å². The minimum atomic E-state index is -0.634.